The third-order valence-corrected chi connectivity index (χ3v) is 7.83. The Bertz CT molecular complexity index is 1380. The Morgan fingerprint density at radius 3 is 0.681 bits per heavy atom. The highest BCUT2D eigenvalue weighted by atomic mass is 16.5. The number of hydrogen-bond acceptors (Lipinski definition) is 8. The molecule has 2 amide bonds. The highest BCUT2D eigenvalue weighted by Crippen LogP contribution is 2.28. The Balaban J connectivity index is -0.000000101. The number of methoxy groups -OCH3 is 2. The van der Waals surface area contributed by atoms with Gasteiger partial charge < -0.3 is 39.8 Å². The number of rotatable bonds is 14. The van der Waals surface area contributed by atoms with E-state index in [4.69, 9.17) is 19.7 Å². The van der Waals surface area contributed by atoms with Gasteiger partial charge in [-0.25, -0.2) is 9.59 Å². The second-order valence-electron chi connectivity index (χ2n) is 15.4. The van der Waals surface area contributed by atoms with Gasteiger partial charge in [-0.3, -0.25) is 0 Å². The molecule has 0 spiro atoms. The Hall–Kier alpha value is -4.74. The van der Waals surface area contributed by atoms with Gasteiger partial charge in [-0.2, -0.15) is 0 Å². The van der Waals surface area contributed by atoms with E-state index >= 15 is 0 Å². The van der Waals surface area contributed by atoms with Crippen molar-refractivity contribution in [2.75, 3.05) is 35.1 Å². The fourth-order valence-corrected chi connectivity index (χ4v) is 6.32. The molecule has 0 aliphatic carbocycles. The van der Waals surface area contributed by atoms with Crippen LogP contribution in [0.4, 0.5) is 9.59 Å². The van der Waals surface area contributed by atoms with E-state index in [-0.39, 0.29) is 58.8 Å². The summed E-state index contributed by atoms with van der Waals surface area (Å²) < 4.78 is 21.3. The first-order valence-corrected chi connectivity index (χ1v) is 23.0. The molecule has 0 bridgehead atoms. The number of hydrogen-bond donors (Lipinski definition) is 4. The topological polar surface area (TPSA) is 136 Å². The van der Waals surface area contributed by atoms with Crippen LogP contribution >= 0.6 is 0 Å². The lowest BCUT2D eigenvalue weighted by molar-refractivity contribution is -0.121. The largest absolute Gasteiger partial charge is 0.453 e. The molecule has 0 heterocycles. The predicted molar refractivity (Wildman–Crippen MR) is 304 cm³/mol. The minimum absolute atomic E-state index is 0. The van der Waals surface area contributed by atoms with Crippen molar-refractivity contribution in [3.8, 4) is 0 Å². The predicted octanol–water partition coefficient (Wildman–Crippen LogP) is 15.6. The van der Waals surface area contributed by atoms with Crippen LogP contribution in [-0.4, -0.2) is 79.9 Å². The van der Waals surface area contributed by atoms with Crippen molar-refractivity contribution in [3.63, 3.8) is 0 Å². The summed E-state index contributed by atoms with van der Waals surface area (Å²) >= 11 is 0. The van der Waals surface area contributed by atoms with Crippen molar-refractivity contribution in [2.24, 2.45) is 0 Å². The molecule has 404 valence electrons. The molecule has 0 fully saturated rings. The lowest BCUT2D eigenvalue weighted by atomic mass is 9.94. The van der Waals surface area contributed by atoms with E-state index in [1.165, 1.54) is 36.5 Å². The lowest BCUT2D eigenvalue weighted by Crippen LogP contribution is -2.40. The van der Waals surface area contributed by atoms with Crippen molar-refractivity contribution in [1.82, 2.24) is 10.6 Å². The van der Waals surface area contributed by atoms with Crippen LogP contribution < -0.4 is 10.6 Å². The first-order valence-electron chi connectivity index (χ1n) is 23.0. The van der Waals surface area contributed by atoms with Crippen LogP contribution in [-0.2, 0) is 44.6 Å². The van der Waals surface area contributed by atoms with E-state index < -0.39 is 12.2 Å². The molecule has 0 unspecified atom stereocenters. The van der Waals surface area contributed by atoms with Crippen LogP contribution in [0.1, 0.15) is 163 Å². The second kappa shape index (κ2) is 52.6. The molecule has 0 atom stereocenters. The fourth-order valence-electron chi connectivity index (χ4n) is 6.32. The summed E-state index contributed by atoms with van der Waals surface area (Å²) in [5.74, 6) is 0. The third kappa shape index (κ3) is 49.5. The average Bonchev–Trinajstić information content (AvgIpc) is 3.30. The van der Waals surface area contributed by atoms with Gasteiger partial charge in [-0.05, 0) is 77.6 Å². The second-order valence-corrected chi connectivity index (χ2v) is 15.4. The van der Waals surface area contributed by atoms with Crippen LogP contribution in [0.15, 0.2) is 121 Å². The van der Waals surface area contributed by atoms with Crippen LogP contribution in [0.2, 0.25) is 0 Å². The number of benzene rings is 4. The Labute approximate surface area is 427 Å². The molecule has 0 saturated heterocycles. The highest BCUT2D eigenvalue weighted by Gasteiger charge is 2.30. The molecule has 0 aliphatic heterocycles. The maximum Gasteiger partial charge on any atom is 0.408 e. The third-order valence-electron chi connectivity index (χ3n) is 7.83. The molecule has 0 saturated carbocycles. The van der Waals surface area contributed by atoms with E-state index in [0.29, 0.717) is 0 Å². The monoisotopic (exact) mass is 975 g/mol. The van der Waals surface area contributed by atoms with Gasteiger partial charge in [0.05, 0.1) is 43.3 Å². The number of aliphatic hydroxyl groups excluding tert-OH is 2. The maximum absolute atomic E-state index is 10.4. The van der Waals surface area contributed by atoms with Crippen molar-refractivity contribution in [2.45, 2.75) is 189 Å². The van der Waals surface area contributed by atoms with Gasteiger partial charge in [-0.15, -0.1) is 0 Å². The van der Waals surface area contributed by atoms with Gasteiger partial charge in [0.15, 0.2) is 0 Å². The first-order chi connectivity index (χ1) is 30.9. The van der Waals surface area contributed by atoms with Crippen LogP contribution in [0.25, 0.3) is 0 Å². The molecule has 69 heavy (non-hydrogen) atoms. The summed E-state index contributed by atoms with van der Waals surface area (Å²) in [6, 6.07) is 42.2. The molecule has 4 rings (SSSR count). The number of amides is 2. The van der Waals surface area contributed by atoms with Gasteiger partial charge >= 0.3 is 12.2 Å². The van der Waals surface area contributed by atoms with Gasteiger partial charge in [0.2, 0.25) is 0 Å². The SMILES string of the molecule is C.C.C.C.CC.CC.CC.CC.CC(C)(Cc1ccccc1)OC(C)(C)Cc1ccccc1.CC(C)(Cc1ccccc1)OC(C)(C)Cc1ccccc1.CO.CO.COC(=O)NCNC(=O)OC. The van der Waals surface area contributed by atoms with E-state index in [0.717, 1.165) is 39.9 Å². The Kier molecular flexibility index (Phi) is 64.2. The van der Waals surface area contributed by atoms with Crippen LogP contribution in [0.3, 0.4) is 0 Å². The molecule has 0 aromatic heterocycles. The highest BCUT2D eigenvalue weighted by molar-refractivity contribution is 5.69. The van der Waals surface area contributed by atoms with Crippen molar-refractivity contribution in [3.05, 3.63) is 144 Å². The molecule has 4 N–H and O–H groups in total. The van der Waals surface area contributed by atoms with Crippen LogP contribution in [0.5, 0.6) is 0 Å². The Morgan fingerprint density at radius 2 is 0.536 bits per heavy atom. The van der Waals surface area contributed by atoms with Gasteiger partial charge in [0, 0.05) is 39.9 Å². The van der Waals surface area contributed by atoms with Gasteiger partial charge in [0.25, 0.3) is 0 Å². The van der Waals surface area contributed by atoms with E-state index in [1.807, 2.05) is 55.4 Å². The van der Waals surface area contributed by atoms with E-state index in [2.05, 4.69) is 197 Å². The molecule has 10 heteroatoms. The minimum Gasteiger partial charge on any atom is -0.453 e. The summed E-state index contributed by atoms with van der Waals surface area (Å²) in [5.41, 5.74) is 4.55. The molecule has 4 aromatic rings. The summed E-state index contributed by atoms with van der Waals surface area (Å²) in [6.07, 6.45) is 2.47. The maximum atomic E-state index is 10.4. The number of carbonyl (C=O) groups excluding carboxylic acids is 2. The lowest BCUT2D eigenvalue weighted by Gasteiger charge is -2.36. The van der Waals surface area contributed by atoms with Crippen molar-refractivity contribution < 1.29 is 38.7 Å². The molecule has 0 radical (unpaired) electrons. The molecule has 10 nitrogen and oxygen atoms in total. The minimum atomic E-state index is -0.610. The van der Waals surface area contributed by atoms with Crippen molar-refractivity contribution in [1.29, 1.82) is 0 Å². The summed E-state index contributed by atoms with van der Waals surface area (Å²) in [5, 5.41) is 18.4. The van der Waals surface area contributed by atoms with Gasteiger partial charge in [0.1, 0.15) is 0 Å². The summed E-state index contributed by atoms with van der Waals surface area (Å²) in [6.45, 7) is 33.4. The summed E-state index contributed by atoms with van der Waals surface area (Å²) in [7, 11) is 4.46. The number of carbonyl (C=O) groups is 2. The summed E-state index contributed by atoms with van der Waals surface area (Å²) in [4.78, 5) is 20.7. The average molecular weight is 976 g/mol. The van der Waals surface area contributed by atoms with Gasteiger partial charge in [-0.1, -0.05) is 206 Å². The number of alkyl carbamates (subject to hydrolysis) is 2. The number of aliphatic hydroxyl groups is 2. The number of ether oxygens (including phenoxy) is 4. The molecular formula is C59H110N2O8. The van der Waals surface area contributed by atoms with E-state index in [9.17, 15) is 9.59 Å². The van der Waals surface area contributed by atoms with E-state index in [1.54, 1.807) is 0 Å². The zero-order valence-corrected chi connectivity index (χ0v) is 44.4. The molecule has 4 aromatic carbocycles. The molecular weight excluding hydrogens is 865 g/mol. The normalized spacial score (nSPS) is 9.36. The van der Waals surface area contributed by atoms with Crippen LogP contribution in [0, 0.1) is 0 Å². The number of nitrogens with one attached hydrogen (secondary N) is 2. The zero-order chi connectivity index (χ0) is 51.4. The van der Waals surface area contributed by atoms with Crippen molar-refractivity contribution >= 4 is 12.2 Å². The Morgan fingerprint density at radius 1 is 0.377 bits per heavy atom. The standard InChI is InChI=1S/2C20H26O.C5H10N2O4.4C2H6.2CH4O.4CH4/c2*1-19(2,15-17-11-7-5-8-12-17)21-20(3,4)16-18-13-9-6-10-14-18;1-10-4(8)6-3-7-5(9)11-2;6*1-2;;;;/h2*5-14H,15-16H2,1-4H3;3H2,1-2H3,(H,6,8)(H,7,9);4*1-2H3;2*2H,1H3;4*1H4. The first kappa shape index (κ1) is 84.2. The zero-order valence-electron chi connectivity index (χ0n) is 44.4. The molecule has 0 aliphatic rings. The smallest absolute Gasteiger partial charge is 0.408 e. The quantitative estimate of drug-likeness (QED) is 0.0918. The fraction of sp³-hybridized carbons (Fsp3) is 0.559.